The summed E-state index contributed by atoms with van der Waals surface area (Å²) in [6.07, 6.45) is 0.827. The van der Waals surface area contributed by atoms with Gasteiger partial charge in [0.15, 0.2) is 0 Å². The molecule has 1 amide bonds. The minimum absolute atomic E-state index is 0.0876. The van der Waals surface area contributed by atoms with Gasteiger partial charge in [-0.25, -0.2) is 0 Å². The van der Waals surface area contributed by atoms with Crippen LogP contribution in [-0.4, -0.2) is 16.1 Å². The van der Waals surface area contributed by atoms with Gasteiger partial charge in [0.05, 0.1) is 0 Å². The van der Waals surface area contributed by atoms with Crippen LogP contribution in [0.2, 0.25) is 0 Å². The molecule has 0 spiro atoms. The third kappa shape index (κ3) is 3.42. The molecule has 2 rings (SSSR count). The first-order valence-electron chi connectivity index (χ1n) is 6.64. The lowest BCUT2D eigenvalue weighted by atomic mass is 9.87. The number of nitrogens with zero attached hydrogens (tertiary/aromatic N) is 2. The SMILES string of the molecule is CCc1nnc(NC(=O)c2ccc(C(C)(C)C)cc2)s1. The fourth-order valence-corrected chi connectivity index (χ4v) is 2.41. The minimum Gasteiger partial charge on any atom is -0.296 e. The van der Waals surface area contributed by atoms with Crippen LogP contribution in [0.1, 0.15) is 48.6 Å². The van der Waals surface area contributed by atoms with Crippen molar-refractivity contribution >= 4 is 22.4 Å². The molecule has 1 heterocycles. The van der Waals surface area contributed by atoms with E-state index in [1.54, 1.807) is 0 Å². The van der Waals surface area contributed by atoms with Crippen molar-refractivity contribution in [1.82, 2.24) is 10.2 Å². The predicted molar refractivity (Wildman–Crippen MR) is 82.4 cm³/mol. The minimum atomic E-state index is -0.149. The quantitative estimate of drug-likeness (QED) is 0.938. The molecule has 2 aromatic rings. The highest BCUT2D eigenvalue weighted by Crippen LogP contribution is 2.22. The van der Waals surface area contributed by atoms with E-state index in [9.17, 15) is 4.79 Å². The van der Waals surface area contributed by atoms with Gasteiger partial charge in [-0.1, -0.05) is 51.2 Å². The van der Waals surface area contributed by atoms with Crippen molar-refractivity contribution in [1.29, 1.82) is 0 Å². The second-order valence-corrected chi connectivity index (χ2v) is 6.70. The molecule has 5 heteroatoms. The lowest BCUT2D eigenvalue weighted by molar-refractivity contribution is 0.102. The highest BCUT2D eigenvalue weighted by molar-refractivity contribution is 7.15. The molecule has 0 aliphatic heterocycles. The van der Waals surface area contributed by atoms with Crippen LogP contribution in [0.15, 0.2) is 24.3 Å². The number of hydrogen-bond acceptors (Lipinski definition) is 4. The van der Waals surface area contributed by atoms with Gasteiger partial charge >= 0.3 is 0 Å². The van der Waals surface area contributed by atoms with E-state index in [1.807, 2.05) is 31.2 Å². The molecule has 0 radical (unpaired) electrons. The Hall–Kier alpha value is -1.75. The number of hydrogen-bond donors (Lipinski definition) is 1. The molecule has 4 nitrogen and oxygen atoms in total. The fourth-order valence-electron chi connectivity index (χ4n) is 1.74. The third-order valence-electron chi connectivity index (χ3n) is 3.00. The van der Waals surface area contributed by atoms with E-state index in [0.717, 1.165) is 11.4 Å². The van der Waals surface area contributed by atoms with Crippen LogP contribution in [0.4, 0.5) is 5.13 Å². The Balaban J connectivity index is 2.09. The summed E-state index contributed by atoms with van der Waals surface area (Å²) in [7, 11) is 0. The molecule has 0 saturated heterocycles. The van der Waals surface area contributed by atoms with Gasteiger partial charge in [-0.2, -0.15) is 0 Å². The van der Waals surface area contributed by atoms with Gasteiger partial charge in [-0.3, -0.25) is 10.1 Å². The van der Waals surface area contributed by atoms with Gasteiger partial charge in [0, 0.05) is 5.56 Å². The zero-order chi connectivity index (χ0) is 14.8. The Labute approximate surface area is 123 Å². The van der Waals surface area contributed by atoms with Crippen LogP contribution in [0.5, 0.6) is 0 Å². The van der Waals surface area contributed by atoms with Crippen LogP contribution in [0.3, 0.4) is 0 Å². The zero-order valence-electron chi connectivity index (χ0n) is 12.2. The Morgan fingerprint density at radius 1 is 1.20 bits per heavy atom. The van der Waals surface area contributed by atoms with Crippen molar-refractivity contribution < 1.29 is 4.79 Å². The van der Waals surface area contributed by atoms with Crippen molar-refractivity contribution in [3.05, 3.63) is 40.4 Å². The number of anilines is 1. The number of amides is 1. The van der Waals surface area contributed by atoms with E-state index in [1.165, 1.54) is 16.9 Å². The number of aryl methyl sites for hydroxylation is 1. The third-order valence-corrected chi connectivity index (χ3v) is 3.99. The lowest BCUT2D eigenvalue weighted by Crippen LogP contribution is -2.14. The number of carbonyl (C=O) groups is 1. The topological polar surface area (TPSA) is 54.9 Å². The number of rotatable bonds is 3. The van der Waals surface area contributed by atoms with Crippen LogP contribution in [0.25, 0.3) is 0 Å². The maximum atomic E-state index is 12.1. The highest BCUT2D eigenvalue weighted by atomic mass is 32.1. The molecule has 20 heavy (non-hydrogen) atoms. The Kier molecular flexibility index (Phi) is 4.18. The molecule has 0 fully saturated rings. The number of nitrogens with one attached hydrogen (secondary N) is 1. The van der Waals surface area contributed by atoms with Crippen LogP contribution < -0.4 is 5.32 Å². The van der Waals surface area contributed by atoms with E-state index in [4.69, 9.17) is 0 Å². The molecule has 0 atom stereocenters. The molecule has 1 aromatic carbocycles. The normalized spacial score (nSPS) is 11.4. The Morgan fingerprint density at radius 3 is 2.35 bits per heavy atom. The van der Waals surface area contributed by atoms with Crippen molar-refractivity contribution in [3.63, 3.8) is 0 Å². The molecular formula is C15H19N3OS. The zero-order valence-corrected chi connectivity index (χ0v) is 13.0. The van der Waals surface area contributed by atoms with Crippen LogP contribution >= 0.6 is 11.3 Å². The second kappa shape index (κ2) is 5.71. The summed E-state index contributed by atoms with van der Waals surface area (Å²) in [5.41, 5.74) is 1.93. The fraction of sp³-hybridized carbons (Fsp3) is 0.400. The van der Waals surface area contributed by atoms with E-state index >= 15 is 0 Å². The smallest absolute Gasteiger partial charge is 0.257 e. The largest absolute Gasteiger partial charge is 0.296 e. The van der Waals surface area contributed by atoms with Crippen molar-refractivity contribution in [2.75, 3.05) is 5.32 Å². The maximum Gasteiger partial charge on any atom is 0.257 e. The Bertz CT molecular complexity index is 596. The van der Waals surface area contributed by atoms with E-state index in [-0.39, 0.29) is 11.3 Å². The number of aromatic nitrogens is 2. The average molecular weight is 289 g/mol. The first-order valence-corrected chi connectivity index (χ1v) is 7.46. The van der Waals surface area contributed by atoms with Crippen molar-refractivity contribution in [2.45, 2.75) is 39.5 Å². The van der Waals surface area contributed by atoms with Crippen molar-refractivity contribution in [3.8, 4) is 0 Å². The predicted octanol–water partition coefficient (Wildman–Crippen LogP) is 3.65. The maximum absolute atomic E-state index is 12.1. The van der Waals surface area contributed by atoms with Crippen molar-refractivity contribution in [2.24, 2.45) is 0 Å². The molecule has 0 saturated carbocycles. The average Bonchev–Trinajstić information content (AvgIpc) is 2.85. The van der Waals surface area contributed by atoms with Gasteiger partial charge in [0.2, 0.25) is 5.13 Å². The van der Waals surface area contributed by atoms with E-state index in [0.29, 0.717) is 10.7 Å². The summed E-state index contributed by atoms with van der Waals surface area (Å²) in [5.74, 6) is -0.149. The first kappa shape index (κ1) is 14.7. The standard InChI is InChI=1S/C15H19N3OS/c1-5-12-17-18-14(20-12)16-13(19)10-6-8-11(9-7-10)15(2,3)4/h6-9H,5H2,1-4H3,(H,16,18,19). The van der Waals surface area contributed by atoms with Gasteiger partial charge < -0.3 is 0 Å². The van der Waals surface area contributed by atoms with Crippen LogP contribution in [0, 0.1) is 0 Å². The molecule has 0 bridgehead atoms. The molecule has 0 aliphatic rings. The lowest BCUT2D eigenvalue weighted by Gasteiger charge is -2.18. The van der Waals surface area contributed by atoms with E-state index in [2.05, 4.69) is 36.3 Å². The highest BCUT2D eigenvalue weighted by Gasteiger charge is 2.15. The monoisotopic (exact) mass is 289 g/mol. The second-order valence-electron chi connectivity index (χ2n) is 5.64. The summed E-state index contributed by atoms with van der Waals surface area (Å²) >= 11 is 1.41. The van der Waals surface area contributed by atoms with Gasteiger partial charge in [-0.05, 0) is 29.5 Å². The van der Waals surface area contributed by atoms with Gasteiger partial charge in [0.25, 0.3) is 5.91 Å². The molecular weight excluding hydrogens is 270 g/mol. The summed E-state index contributed by atoms with van der Waals surface area (Å²) < 4.78 is 0. The number of benzene rings is 1. The summed E-state index contributed by atoms with van der Waals surface area (Å²) in [6, 6.07) is 7.67. The van der Waals surface area contributed by atoms with E-state index < -0.39 is 0 Å². The number of carbonyl (C=O) groups excluding carboxylic acids is 1. The first-order chi connectivity index (χ1) is 9.40. The Morgan fingerprint density at radius 2 is 1.85 bits per heavy atom. The molecule has 106 valence electrons. The molecule has 1 N–H and O–H groups in total. The van der Waals surface area contributed by atoms with Gasteiger partial charge in [-0.15, -0.1) is 10.2 Å². The summed E-state index contributed by atoms with van der Waals surface area (Å²) in [5, 5.41) is 12.2. The van der Waals surface area contributed by atoms with Crippen LogP contribution in [-0.2, 0) is 11.8 Å². The summed E-state index contributed by atoms with van der Waals surface area (Å²) in [6.45, 7) is 8.46. The summed E-state index contributed by atoms with van der Waals surface area (Å²) in [4.78, 5) is 12.1. The molecule has 0 aliphatic carbocycles. The molecule has 0 unspecified atom stereocenters. The molecule has 1 aromatic heterocycles. The van der Waals surface area contributed by atoms with Gasteiger partial charge in [0.1, 0.15) is 5.01 Å².